The van der Waals surface area contributed by atoms with Crippen molar-refractivity contribution in [3.05, 3.63) is 23.7 Å². The molecule has 2 aromatic rings. The monoisotopic (exact) mass is 264 g/mol. The van der Waals surface area contributed by atoms with Crippen molar-refractivity contribution in [3.8, 4) is 5.88 Å². The Hall–Kier alpha value is -1.66. The van der Waals surface area contributed by atoms with E-state index in [0.29, 0.717) is 18.8 Å². The minimum Gasteiger partial charge on any atom is -0.480 e. The van der Waals surface area contributed by atoms with Crippen LogP contribution in [0.15, 0.2) is 23.7 Å². The van der Waals surface area contributed by atoms with Crippen molar-refractivity contribution in [1.82, 2.24) is 10.3 Å². The van der Waals surface area contributed by atoms with Gasteiger partial charge in [0.1, 0.15) is 12.1 Å². The Bertz CT molecular complexity index is 583. The molecule has 0 radical (unpaired) electrons. The lowest BCUT2D eigenvalue weighted by Gasteiger charge is -2.12. The molecule has 2 N–H and O–H groups in total. The Morgan fingerprint density at radius 2 is 2.44 bits per heavy atom. The number of nitrogens with one attached hydrogen (secondary N) is 1. The number of carboxylic acid groups (broad SMARTS) is 1. The number of hydrogen-bond acceptors (Lipinski definition) is 5. The molecule has 1 fully saturated rings. The van der Waals surface area contributed by atoms with Crippen LogP contribution in [0.3, 0.4) is 0 Å². The molecule has 2 unspecified atom stereocenters. The molecule has 6 heteroatoms. The lowest BCUT2D eigenvalue weighted by atomic mass is 10.2. The number of carbonyl (C=O) groups is 1. The van der Waals surface area contributed by atoms with E-state index in [1.807, 2.05) is 17.5 Å². The van der Waals surface area contributed by atoms with Gasteiger partial charge >= 0.3 is 5.97 Å². The first-order valence-electron chi connectivity index (χ1n) is 5.69. The van der Waals surface area contributed by atoms with Gasteiger partial charge in [-0.15, -0.1) is 11.3 Å². The SMILES string of the molecule is O=C(O)C1CC(Oc2nccc3sccc23)CN1. The molecule has 1 aliphatic heterocycles. The zero-order valence-corrected chi connectivity index (χ0v) is 10.3. The van der Waals surface area contributed by atoms with Gasteiger partial charge in [-0.05, 0) is 17.5 Å². The Labute approximate surface area is 107 Å². The summed E-state index contributed by atoms with van der Waals surface area (Å²) in [6.07, 6.45) is 2.05. The van der Waals surface area contributed by atoms with Crippen molar-refractivity contribution < 1.29 is 14.6 Å². The molecule has 2 atom stereocenters. The normalized spacial score (nSPS) is 23.3. The quantitative estimate of drug-likeness (QED) is 0.878. The predicted octanol–water partition coefficient (Wildman–Crippen LogP) is 1.49. The van der Waals surface area contributed by atoms with E-state index >= 15 is 0 Å². The van der Waals surface area contributed by atoms with Gasteiger partial charge in [0.25, 0.3) is 0 Å². The van der Waals surface area contributed by atoms with Crippen LogP contribution >= 0.6 is 11.3 Å². The van der Waals surface area contributed by atoms with E-state index in [9.17, 15) is 4.79 Å². The first-order chi connectivity index (χ1) is 8.74. The Morgan fingerprint density at radius 3 is 3.22 bits per heavy atom. The molecular weight excluding hydrogens is 252 g/mol. The fourth-order valence-electron chi connectivity index (χ4n) is 2.10. The number of fused-ring (bicyclic) bond motifs is 1. The number of nitrogens with zero attached hydrogens (tertiary/aromatic N) is 1. The molecule has 3 rings (SSSR count). The average Bonchev–Trinajstić information content (AvgIpc) is 2.97. The number of pyridine rings is 1. The van der Waals surface area contributed by atoms with Gasteiger partial charge in [0.15, 0.2) is 0 Å². The second kappa shape index (κ2) is 4.55. The Balaban J connectivity index is 1.77. The summed E-state index contributed by atoms with van der Waals surface area (Å²) in [7, 11) is 0. The molecule has 0 aliphatic carbocycles. The predicted molar refractivity (Wildman–Crippen MR) is 68.1 cm³/mol. The van der Waals surface area contributed by atoms with Crippen LogP contribution in [0.2, 0.25) is 0 Å². The van der Waals surface area contributed by atoms with Gasteiger partial charge in [-0.25, -0.2) is 4.98 Å². The van der Waals surface area contributed by atoms with Crippen LogP contribution in [-0.4, -0.2) is 34.8 Å². The number of carboxylic acids is 1. The maximum absolute atomic E-state index is 10.8. The Morgan fingerprint density at radius 1 is 1.56 bits per heavy atom. The highest BCUT2D eigenvalue weighted by Crippen LogP contribution is 2.28. The summed E-state index contributed by atoms with van der Waals surface area (Å²) in [6.45, 7) is 0.541. The standard InChI is InChI=1S/C12H12N2O3S/c15-12(16)9-5-7(6-14-9)17-11-8-2-4-18-10(8)1-3-13-11/h1-4,7,9,14H,5-6H2,(H,15,16). The minimum absolute atomic E-state index is 0.135. The zero-order valence-electron chi connectivity index (χ0n) is 9.50. The maximum Gasteiger partial charge on any atom is 0.320 e. The topological polar surface area (TPSA) is 71.5 Å². The van der Waals surface area contributed by atoms with Gasteiger partial charge in [0.05, 0.1) is 5.39 Å². The van der Waals surface area contributed by atoms with Crippen LogP contribution in [0.25, 0.3) is 10.1 Å². The zero-order chi connectivity index (χ0) is 12.5. The number of aromatic nitrogens is 1. The first kappa shape index (κ1) is 11.4. The highest BCUT2D eigenvalue weighted by Gasteiger charge is 2.30. The summed E-state index contributed by atoms with van der Waals surface area (Å²) in [4.78, 5) is 15.1. The number of aliphatic carboxylic acids is 1. The van der Waals surface area contributed by atoms with E-state index in [1.54, 1.807) is 17.5 Å². The van der Waals surface area contributed by atoms with E-state index < -0.39 is 12.0 Å². The third kappa shape index (κ3) is 2.04. The molecule has 18 heavy (non-hydrogen) atoms. The minimum atomic E-state index is -0.831. The number of hydrogen-bond donors (Lipinski definition) is 2. The van der Waals surface area contributed by atoms with Crippen molar-refractivity contribution >= 4 is 27.4 Å². The van der Waals surface area contributed by atoms with Gasteiger partial charge in [-0.2, -0.15) is 0 Å². The highest BCUT2D eigenvalue weighted by atomic mass is 32.1. The van der Waals surface area contributed by atoms with Crippen molar-refractivity contribution in [2.24, 2.45) is 0 Å². The molecule has 0 spiro atoms. The molecule has 5 nitrogen and oxygen atoms in total. The molecule has 0 aromatic carbocycles. The maximum atomic E-state index is 10.8. The number of rotatable bonds is 3. The van der Waals surface area contributed by atoms with Gasteiger partial charge in [-0.1, -0.05) is 0 Å². The summed E-state index contributed by atoms with van der Waals surface area (Å²) in [5, 5.41) is 14.8. The number of ether oxygens (including phenoxy) is 1. The van der Waals surface area contributed by atoms with E-state index in [4.69, 9.17) is 9.84 Å². The smallest absolute Gasteiger partial charge is 0.320 e. The van der Waals surface area contributed by atoms with E-state index in [2.05, 4.69) is 10.3 Å². The lowest BCUT2D eigenvalue weighted by molar-refractivity contribution is -0.139. The summed E-state index contributed by atoms with van der Waals surface area (Å²) < 4.78 is 6.92. The van der Waals surface area contributed by atoms with E-state index in [0.717, 1.165) is 10.1 Å². The molecule has 2 aromatic heterocycles. The van der Waals surface area contributed by atoms with Crippen molar-refractivity contribution in [1.29, 1.82) is 0 Å². The fourth-order valence-corrected chi connectivity index (χ4v) is 2.87. The van der Waals surface area contributed by atoms with E-state index in [-0.39, 0.29) is 6.10 Å². The largest absolute Gasteiger partial charge is 0.480 e. The van der Waals surface area contributed by atoms with Gasteiger partial charge in [-0.3, -0.25) is 4.79 Å². The van der Waals surface area contributed by atoms with Crippen LogP contribution in [0, 0.1) is 0 Å². The van der Waals surface area contributed by atoms with Gasteiger partial charge in [0.2, 0.25) is 5.88 Å². The molecule has 0 saturated carbocycles. The summed E-state index contributed by atoms with van der Waals surface area (Å²) >= 11 is 1.64. The van der Waals surface area contributed by atoms with Gasteiger partial charge in [0, 0.05) is 23.9 Å². The fraction of sp³-hybridized carbons (Fsp3) is 0.333. The van der Waals surface area contributed by atoms with Gasteiger partial charge < -0.3 is 15.2 Å². The summed E-state index contributed by atoms with van der Waals surface area (Å²) in [5.74, 6) is -0.241. The van der Waals surface area contributed by atoms with Crippen molar-refractivity contribution in [3.63, 3.8) is 0 Å². The van der Waals surface area contributed by atoms with Crippen molar-refractivity contribution in [2.75, 3.05) is 6.54 Å². The molecule has 0 amide bonds. The van der Waals surface area contributed by atoms with Crippen LogP contribution in [0.1, 0.15) is 6.42 Å². The number of thiophene rings is 1. The third-order valence-corrected chi connectivity index (χ3v) is 3.89. The molecule has 1 saturated heterocycles. The third-order valence-electron chi connectivity index (χ3n) is 3.01. The van der Waals surface area contributed by atoms with Crippen molar-refractivity contribution in [2.45, 2.75) is 18.6 Å². The average molecular weight is 264 g/mol. The molecule has 3 heterocycles. The summed E-state index contributed by atoms with van der Waals surface area (Å²) in [5.41, 5.74) is 0. The lowest BCUT2D eigenvalue weighted by Crippen LogP contribution is -2.30. The second-order valence-electron chi connectivity index (χ2n) is 4.22. The van der Waals surface area contributed by atoms with E-state index in [1.165, 1.54) is 0 Å². The van der Waals surface area contributed by atoms with Crippen LogP contribution in [0.4, 0.5) is 0 Å². The molecule has 0 bridgehead atoms. The van der Waals surface area contributed by atoms with Crippen LogP contribution in [-0.2, 0) is 4.79 Å². The Kier molecular flexibility index (Phi) is 2.89. The molecular formula is C12H12N2O3S. The van der Waals surface area contributed by atoms with Crippen LogP contribution < -0.4 is 10.1 Å². The first-order valence-corrected chi connectivity index (χ1v) is 6.57. The molecule has 1 aliphatic rings. The highest BCUT2D eigenvalue weighted by molar-refractivity contribution is 7.17. The molecule has 94 valence electrons. The second-order valence-corrected chi connectivity index (χ2v) is 5.17. The van der Waals surface area contributed by atoms with Crippen LogP contribution in [0.5, 0.6) is 5.88 Å². The summed E-state index contributed by atoms with van der Waals surface area (Å²) in [6, 6.07) is 3.40.